The van der Waals surface area contributed by atoms with Gasteiger partial charge in [-0.1, -0.05) is 42.5 Å². The number of fused-ring (bicyclic) bond motifs is 1. The number of carbonyl (C=O) groups is 2. The van der Waals surface area contributed by atoms with Crippen LogP contribution in [0.25, 0.3) is 22.2 Å². The monoisotopic (exact) mass is 418 g/mol. The lowest BCUT2D eigenvalue weighted by atomic mass is 9.95. The number of nitrogens with two attached hydrogens (primary N) is 2. The van der Waals surface area contributed by atoms with Gasteiger partial charge in [-0.15, -0.1) is 5.10 Å². The Morgan fingerprint density at radius 2 is 1.74 bits per heavy atom. The van der Waals surface area contributed by atoms with Gasteiger partial charge >= 0.3 is 0 Å². The molecule has 2 aromatic heterocycles. The third-order valence-electron chi connectivity index (χ3n) is 5.03. The number of pyridine rings is 1. The zero-order valence-corrected chi connectivity index (χ0v) is 16.7. The minimum Gasteiger partial charge on any atom is -0.366 e. The highest BCUT2D eigenvalue weighted by atomic mass is 19.1. The number of rotatable bonds is 6. The standard InChI is InChI=1S/C22H19FN6O2/c1-2-16-19(27-28-29(16)11-12-7-9-13(23)10-8-12)18-17(21(24)30)14-5-3-4-6-15(14)26-20(18)22(25)31/h3-10H,2,11H2,1H3,(H2,24,30)(H2,25,31). The zero-order chi connectivity index (χ0) is 22.1. The summed E-state index contributed by atoms with van der Waals surface area (Å²) >= 11 is 0. The summed E-state index contributed by atoms with van der Waals surface area (Å²) in [5.41, 5.74) is 13.7. The predicted octanol–water partition coefficient (Wildman–Crippen LogP) is 2.44. The minimum absolute atomic E-state index is 0.101. The fraction of sp³-hybridized carbons (Fsp3) is 0.136. The highest BCUT2D eigenvalue weighted by Gasteiger charge is 2.27. The van der Waals surface area contributed by atoms with Crippen molar-refractivity contribution in [2.75, 3.05) is 0 Å². The van der Waals surface area contributed by atoms with Gasteiger partial charge in [-0.2, -0.15) is 0 Å². The van der Waals surface area contributed by atoms with Gasteiger partial charge in [0.2, 0.25) is 5.91 Å². The molecule has 2 amide bonds. The molecule has 8 nitrogen and oxygen atoms in total. The van der Waals surface area contributed by atoms with E-state index in [1.807, 2.05) is 6.92 Å². The number of hydrogen-bond acceptors (Lipinski definition) is 5. The van der Waals surface area contributed by atoms with Crippen molar-refractivity contribution >= 4 is 22.7 Å². The molecule has 4 N–H and O–H groups in total. The molecule has 156 valence electrons. The summed E-state index contributed by atoms with van der Waals surface area (Å²) < 4.78 is 14.9. The lowest BCUT2D eigenvalue weighted by Crippen LogP contribution is -2.21. The zero-order valence-electron chi connectivity index (χ0n) is 16.7. The third-order valence-corrected chi connectivity index (χ3v) is 5.03. The van der Waals surface area contributed by atoms with E-state index < -0.39 is 11.8 Å². The van der Waals surface area contributed by atoms with Crippen LogP contribution in [0, 0.1) is 5.82 Å². The van der Waals surface area contributed by atoms with Crippen LogP contribution in [0.3, 0.4) is 0 Å². The topological polar surface area (TPSA) is 130 Å². The van der Waals surface area contributed by atoms with Crippen LogP contribution in [0.4, 0.5) is 4.39 Å². The van der Waals surface area contributed by atoms with Gasteiger partial charge in [-0.3, -0.25) is 9.59 Å². The van der Waals surface area contributed by atoms with Gasteiger partial charge in [0.25, 0.3) is 5.91 Å². The Kier molecular flexibility index (Phi) is 5.16. The van der Waals surface area contributed by atoms with Crippen molar-refractivity contribution in [2.24, 2.45) is 11.5 Å². The van der Waals surface area contributed by atoms with Crippen LogP contribution in [0.2, 0.25) is 0 Å². The number of nitrogens with zero attached hydrogens (tertiary/aromatic N) is 4. The molecule has 4 aromatic rings. The van der Waals surface area contributed by atoms with E-state index in [4.69, 9.17) is 11.5 Å². The Morgan fingerprint density at radius 3 is 2.39 bits per heavy atom. The molecule has 31 heavy (non-hydrogen) atoms. The van der Waals surface area contributed by atoms with Crippen LogP contribution in [0.15, 0.2) is 48.5 Å². The number of primary amides is 2. The van der Waals surface area contributed by atoms with Crippen molar-refractivity contribution in [2.45, 2.75) is 19.9 Å². The first-order valence-corrected chi connectivity index (χ1v) is 9.60. The summed E-state index contributed by atoms with van der Waals surface area (Å²) in [5, 5.41) is 8.94. The summed E-state index contributed by atoms with van der Waals surface area (Å²) in [5.74, 6) is -1.87. The van der Waals surface area contributed by atoms with Crippen molar-refractivity contribution in [3.8, 4) is 11.3 Å². The number of hydrogen-bond donors (Lipinski definition) is 2. The summed E-state index contributed by atoms with van der Waals surface area (Å²) in [7, 11) is 0. The van der Waals surface area contributed by atoms with Crippen molar-refractivity contribution < 1.29 is 14.0 Å². The third kappa shape index (κ3) is 3.61. The summed E-state index contributed by atoms with van der Waals surface area (Å²) in [4.78, 5) is 29.1. The number of halogens is 1. The maximum absolute atomic E-state index is 13.2. The first-order chi connectivity index (χ1) is 14.9. The molecule has 0 saturated carbocycles. The maximum Gasteiger partial charge on any atom is 0.268 e. The summed E-state index contributed by atoms with van der Waals surface area (Å²) in [6.45, 7) is 2.22. The maximum atomic E-state index is 13.2. The van der Waals surface area contributed by atoms with Gasteiger partial charge < -0.3 is 11.5 Å². The van der Waals surface area contributed by atoms with Crippen molar-refractivity contribution in [3.05, 3.63) is 76.9 Å². The molecule has 4 rings (SSSR count). The molecule has 0 unspecified atom stereocenters. The molecule has 0 radical (unpaired) electrons. The molecule has 0 bridgehead atoms. The molecular formula is C22H19FN6O2. The molecule has 0 aliphatic heterocycles. The van der Waals surface area contributed by atoms with E-state index in [-0.39, 0.29) is 22.6 Å². The number of benzene rings is 2. The van der Waals surface area contributed by atoms with Crippen molar-refractivity contribution in [3.63, 3.8) is 0 Å². The molecule has 0 aliphatic carbocycles. The second kappa shape index (κ2) is 7.94. The number of aromatic nitrogens is 4. The fourth-order valence-electron chi connectivity index (χ4n) is 3.64. The Labute approximate surface area is 176 Å². The second-order valence-corrected chi connectivity index (χ2v) is 6.98. The average Bonchev–Trinajstić information content (AvgIpc) is 3.15. The van der Waals surface area contributed by atoms with E-state index in [9.17, 15) is 14.0 Å². The van der Waals surface area contributed by atoms with Gasteiger partial charge in [0.05, 0.1) is 23.3 Å². The van der Waals surface area contributed by atoms with Crippen LogP contribution in [0.1, 0.15) is 39.0 Å². The van der Waals surface area contributed by atoms with E-state index in [1.165, 1.54) is 12.1 Å². The summed E-state index contributed by atoms with van der Waals surface area (Å²) in [6.07, 6.45) is 0.493. The molecule has 0 aliphatic rings. The Hall–Kier alpha value is -4.14. The smallest absolute Gasteiger partial charge is 0.268 e. The van der Waals surface area contributed by atoms with Gasteiger partial charge in [0.1, 0.15) is 17.2 Å². The molecule has 0 saturated heterocycles. The lowest BCUT2D eigenvalue weighted by molar-refractivity contribution is 0.0996. The molecule has 0 atom stereocenters. The van der Waals surface area contributed by atoms with Gasteiger partial charge in [0, 0.05) is 10.9 Å². The van der Waals surface area contributed by atoms with Crippen LogP contribution >= 0.6 is 0 Å². The molecule has 0 fully saturated rings. The quantitative estimate of drug-likeness (QED) is 0.497. The fourth-order valence-corrected chi connectivity index (χ4v) is 3.64. The molecule has 9 heteroatoms. The van der Waals surface area contributed by atoms with Gasteiger partial charge in [-0.05, 0) is 30.2 Å². The lowest BCUT2D eigenvalue weighted by Gasteiger charge is -2.13. The van der Waals surface area contributed by atoms with Crippen LogP contribution in [0.5, 0.6) is 0 Å². The SMILES string of the molecule is CCc1c(-c2c(C(N)=O)nc3ccccc3c2C(N)=O)nnn1Cc1ccc(F)cc1. The average molecular weight is 418 g/mol. The van der Waals surface area contributed by atoms with Crippen molar-refractivity contribution in [1.82, 2.24) is 20.0 Å². The predicted molar refractivity (Wildman–Crippen MR) is 113 cm³/mol. The normalized spacial score (nSPS) is 11.0. The van der Waals surface area contributed by atoms with E-state index in [1.54, 1.807) is 41.1 Å². The summed E-state index contributed by atoms with van der Waals surface area (Å²) in [6, 6.07) is 12.9. The van der Waals surface area contributed by atoms with E-state index >= 15 is 0 Å². The molecule has 2 heterocycles. The Morgan fingerprint density at radius 1 is 1.03 bits per heavy atom. The van der Waals surface area contributed by atoms with Crippen LogP contribution in [-0.2, 0) is 13.0 Å². The Balaban J connectivity index is 1.96. The van der Waals surface area contributed by atoms with Crippen LogP contribution in [-0.4, -0.2) is 31.8 Å². The van der Waals surface area contributed by atoms with E-state index in [0.29, 0.717) is 35.3 Å². The minimum atomic E-state index is -0.807. The number of para-hydroxylation sites is 1. The number of amides is 2. The first kappa shape index (κ1) is 20.1. The highest BCUT2D eigenvalue weighted by Crippen LogP contribution is 2.33. The van der Waals surface area contributed by atoms with E-state index in [0.717, 1.165) is 5.56 Å². The molecule has 2 aromatic carbocycles. The van der Waals surface area contributed by atoms with Crippen LogP contribution < -0.4 is 11.5 Å². The number of carbonyl (C=O) groups excluding carboxylic acids is 2. The molecular weight excluding hydrogens is 399 g/mol. The van der Waals surface area contributed by atoms with Crippen molar-refractivity contribution in [1.29, 1.82) is 0 Å². The van der Waals surface area contributed by atoms with Gasteiger partial charge in [-0.25, -0.2) is 14.1 Å². The van der Waals surface area contributed by atoms with Gasteiger partial charge in [0.15, 0.2) is 0 Å². The van der Waals surface area contributed by atoms with E-state index in [2.05, 4.69) is 15.3 Å². The highest BCUT2D eigenvalue weighted by molar-refractivity contribution is 6.15. The first-order valence-electron chi connectivity index (χ1n) is 9.60. The Bertz CT molecular complexity index is 1310. The largest absolute Gasteiger partial charge is 0.366 e. The second-order valence-electron chi connectivity index (χ2n) is 6.98. The molecule has 0 spiro atoms.